The number of nitrogens with zero attached hydrogens (tertiary/aromatic N) is 6. The normalized spacial score (nSPS) is 12.2. The lowest BCUT2D eigenvalue weighted by Gasteiger charge is -2.13. The Bertz CT molecular complexity index is 514. The summed E-state index contributed by atoms with van der Waals surface area (Å²) < 4.78 is 1.45. The van der Waals surface area contributed by atoms with Crippen LogP contribution in [-0.2, 0) is 0 Å². The molecular formula is C10H16N8O. The Morgan fingerprint density at radius 1 is 1.32 bits per heavy atom. The summed E-state index contributed by atoms with van der Waals surface area (Å²) >= 11 is 0. The molecule has 2 heterocycles. The van der Waals surface area contributed by atoms with Gasteiger partial charge in [0, 0.05) is 19.7 Å². The summed E-state index contributed by atoms with van der Waals surface area (Å²) in [6, 6.07) is 0.0562. The van der Waals surface area contributed by atoms with Crippen molar-refractivity contribution in [1.29, 1.82) is 0 Å². The van der Waals surface area contributed by atoms with Gasteiger partial charge in [-0.1, -0.05) is 0 Å². The molecule has 0 amide bonds. The molecule has 2 aromatic heterocycles. The first kappa shape index (κ1) is 13.1. The molecule has 1 unspecified atom stereocenters. The number of aliphatic hydroxyl groups excluding tert-OH is 1. The molecule has 0 saturated heterocycles. The van der Waals surface area contributed by atoms with Crippen LogP contribution in [0.3, 0.4) is 0 Å². The highest BCUT2D eigenvalue weighted by Crippen LogP contribution is 2.09. The van der Waals surface area contributed by atoms with Crippen molar-refractivity contribution in [2.45, 2.75) is 19.4 Å². The summed E-state index contributed by atoms with van der Waals surface area (Å²) in [5, 5.41) is 18.8. The van der Waals surface area contributed by atoms with Crippen LogP contribution >= 0.6 is 0 Å². The average Bonchev–Trinajstić information content (AvgIpc) is 2.92. The molecule has 0 spiro atoms. The third-order valence-electron chi connectivity index (χ3n) is 2.41. The van der Waals surface area contributed by atoms with Crippen LogP contribution in [0.5, 0.6) is 0 Å². The fourth-order valence-electron chi connectivity index (χ4n) is 1.44. The molecule has 0 fully saturated rings. The lowest BCUT2D eigenvalue weighted by molar-refractivity contribution is 0.282. The van der Waals surface area contributed by atoms with E-state index in [1.807, 2.05) is 6.92 Å². The van der Waals surface area contributed by atoms with Crippen molar-refractivity contribution in [1.82, 2.24) is 29.7 Å². The van der Waals surface area contributed by atoms with E-state index in [1.165, 1.54) is 17.3 Å². The molecule has 0 aliphatic heterocycles. The number of hydrogen-bond donors (Lipinski definition) is 3. The third kappa shape index (κ3) is 3.35. The minimum Gasteiger partial charge on any atom is -0.396 e. The van der Waals surface area contributed by atoms with Gasteiger partial charge in [-0.2, -0.15) is 24.7 Å². The first-order valence-electron chi connectivity index (χ1n) is 5.89. The summed E-state index contributed by atoms with van der Waals surface area (Å²) in [7, 11) is 1.72. The Morgan fingerprint density at radius 2 is 2.11 bits per heavy atom. The van der Waals surface area contributed by atoms with Gasteiger partial charge in [0.25, 0.3) is 5.95 Å². The van der Waals surface area contributed by atoms with Crippen molar-refractivity contribution in [3.05, 3.63) is 12.7 Å². The van der Waals surface area contributed by atoms with E-state index >= 15 is 0 Å². The predicted octanol–water partition coefficient (Wildman–Crippen LogP) is -0.323. The van der Waals surface area contributed by atoms with Crippen LogP contribution in [0.1, 0.15) is 13.3 Å². The standard InChI is InChI=1S/C10H16N8O/c1-7(3-4-19)14-9-15-8(11-2)16-10(17-9)18-6-12-5-13-18/h5-7,19H,3-4H2,1-2H3,(H2,11,14,15,16,17). The number of aromatic nitrogens is 6. The van der Waals surface area contributed by atoms with E-state index in [9.17, 15) is 0 Å². The van der Waals surface area contributed by atoms with E-state index in [1.54, 1.807) is 7.05 Å². The highest BCUT2D eigenvalue weighted by molar-refractivity contribution is 5.37. The maximum absolute atomic E-state index is 8.89. The molecule has 102 valence electrons. The quantitative estimate of drug-likeness (QED) is 0.650. The molecule has 19 heavy (non-hydrogen) atoms. The monoisotopic (exact) mass is 264 g/mol. The van der Waals surface area contributed by atoms with Crippen molar-refractivity contribution in [2.24, 2.45) is 0 Å². The molecule has 9 nitrogen and oxygen atoms in total. The Labute approximate surface area is 110 Å². The van der Waals surface area contributed by atoms with Gasteiger partial charge in [-0.05, 0) is 13.3 Å². The van der Waals surface area contributed by atoms with Crippen LogP contribution in [-0.4, -0.2) is 54.5 Å². The van der Waals surface area contributed by atoms with E-state index in [0.29, 0.717) is 24.3 Å². The summed E-state index contributed by atoms with van der Waals surface area (Å²) in [6.07, 6.45) is 3.53. The second-order valence-electron chi connectivity index (χ2n) is 3.93. The molecule has 9 heteroatoms. The molecule has 2 aromatic rings. The number of hydrogen-bond acceptors (Lipinski definition) is 8. The lowest BCUT2D eigenvalue weighted by atomic mass is 10.2. The van der Waals surface area contributed by atoms with Crippen LogP contribution in [0.25, 0.3) is 5.95 Å². The van der Waals surface area contributed by atoms with Gasteiger partial charge in [0.2, 0.25) is 11.9 Å². The zero-order valence-corrected chi connectivity index (χ0v) is 10.8. The largest absolute Gasteiger partial charge is 0.396 e. The van der Waals surface area contributed by atoms with Crippen LogP contribution < -0.4 is 10.6 Å². The van der Waals surface area contributed by atoms with Gasteiger partial charge in [0.15, 0.2) is 0 Å². The van der Waals surface area contributed by atoms with Gasteiger partial charge >= 0.3 is 0 Å². The van der Waals surface area contributed by atoms with Crippen molar-refractivity contribution in [3.63, 3.8) is 0 Å². The highest BCUT2D eigenvalue weighted by Gasteiger charge is 2.10. The Hall–Kier alpha value is -2.29. The summed E-state index contributed by atoms with van der Waals surface area (Å²) in [5.74, 6) is 1.22. The van der Waals surface area contributed by atoms with E-state index in [2.05, 4.69) is 35.7 Å². The van der Waals surface area contributed by atoms with Crippen molar-refractivity contribution < 1.29 is 5.11 Å². The summed E-state index contributed by atoms with van der Waals surface area (Å²) in [6.45, 7) is 2.04. The van der Waals surface area contributed by atoms with Gasteiger partial charge < -0.3 is 15.7 Å². The molecule has 0 aliphatic carbocycles. The topological polar surface area (TPSA) is 114 Å². The third-order valence-corrected chi connectivity index (χ3v) is 2.41. The average molecular weight is 264 g/mol. The molecule has 0 radical (unpaired) electrons. The van der Waals surface area contributed by atoms with Gasteiger partial charge in [-0.25, -0.2) is 4.98 Å². The van der Waals surface area contributed by atoms with Crippen molar-refractivity contribution in [2.75, 3.05) is 24.3 Å². The first-order valence-corrected chi connectivity index (χ1v) is 5.89. The Kier molecular flexibility index (Phi) is 4.18. The van der Waals surface area contributed by atoms with E-state index < -0.39 is 0 Å². The molecule has 1 atom stereocenters. The number of nitrogens with one attached hydrogen (secondary N) is 2. The number of aliphatic hydroxyl groups is 1. The lowest BCUT2D eigenvalue weighted by Crippen LogP contribution is -2.20. The smallest absolute Gasteiger partial charge is 0.258 e. The second kappa shape index (κ2) is 6.05. The molecule has 3 N–H and O–H groups in total. The zero-order chi connectivity index (χ0) is 13.7. The number of rotatable bonds is 6. The molecule has 0 bridgehead atoms. The predicted molar refractivity (Wildman–Crippen MR) is 69.1 cm³/mol. The molecule has 2 rings (SSSR count). The van der Waals surface area contributed by atoms with Gasteiger partial charge in [-0.15, -0.1) is 0 Å². The van der Waals surface area contributed by atoms with Crippen LogP contribution in [0.2, 0.25) is 0 Å². The SMILES string of the molecule is CNc1nc(NC(C)CCO)nc(-n2cncn2)n1. The Morgan fingerprint density at radius 3 is 2.74 bits per heavy atom. The van der Waals surface area contributed by atoms with Gasteiger partial charge in [0.05, 0.1) is 0 Å². The molecule has 0 aliphatic rings. The number of anilines is 2. The van der Waals surface area contributed by atoms with Crippen LogP contribution in [0.4, 0.5) is 11.9 Å². The van der Waals surface area contributed by atoms with Gasteiger partial charge in [0.1, 0.15) is 12.7 Å². The maximum Gasteiger partial charge on any atom is 0.258 e. The molecular weight excluding hydrogens is 248 g/mol. The van der Waals surface area contributed by atoms with E-state index in [-0.39, 0.29) is 12.6 Å². The van der Waals surface area contributed by atoms with Crippen LogP contribution in [0, 0.1) is 0 Å². The minimum atomic E-state index is 0.0562. The first-order chi connectivity index (χ1) is 9.22. The fourth-order valence-corrected chi connectivity index (χ4v) is 1.44. The molecule has 0 saturated carbocycles. The molecule has 0 aromatic carbocycles. The highest BCUT2D eigenvalue weighted by atomic mass is 16.3. The maximum atomic E-state index is 8.89. The summed E-state index contributed by atoms with van der Waals surface area (Å²) in [4.78, 5) is 16.5. The fraction of sp³-hybridized carbons (Fsp3) is 0.500. The second-order valence-corrected chi connectivity index (χ2v) is 3.93. The Balaban J connectivity index is 2.26. The zero-order valence-electron chi connectivity index (χ0n) is 10.8. The summed E-state index contributed by atoms with van der Waals surface area (Å²) in [5.41, 5.74) is 0. The van der Waals surface area contributed by atoms with E-state index in [4.69, 9.17) is 5.11 Å². The van der Waals surface area contributed by atoms with Crippen molar-refractivity contribution >= 4 is 11.9 Å². The van der Waals surface area contributed by atoms with Crippen molar-refractivity contribution in [3.8, 4) is 5.95 Å². The van der Waals surface area contributed by atoms with Gasteiger partial charge in [-0.3, -0.25) is 0 Å². The minimum absolute atomic E-state index is 0.0562. The van der Waals surface area contributed by atoms with Crippen LogP contribution in [0.15, 0.2) is 12.7 Å². The van der Waals surface area contributed by atoms with E-state index in [0.717, 1.165) is 0 Å².